The molecule has 1 aromatic carbocycles. The van der Waals surface area contributed by atoms with Gasteiger partial charge in [-0.05, 0) is 0 Å². The van der Waals surface area contributed by atoms with Crippen LogP contribution in [0, 0.1) is 0 Å². The number of carbonyl (C=O) groups is 2. The molecular weight excluding hydrogens is 333 g/mol. The summed E-state index contributed by atoms with van der Waals surface area (Å²) in [5.74, 6) is -0.516. The molecule has 0 unspecified atom stereocenters. The predicted molar refractivity (Wildman–Crippen MR) is 74.5 cm³/mol. The number of hydrogen-bond acceptors (Lipinski definition) is 5. The van der Waals surface area contributed by atoms with Crippen LogP contribution in [0.1, 0.15) is 6.42 Å². The van der Waals surface area contributed by atoms with Crippen LogP contribution in [0.5, 0.6) is 0 Å². The Morgan fingerprint density at radius 3 is 2.37 bits per heavy atom. The first-order valence-corrected chi connectivity index (χ1v) is 9.13. The topological polar surface area (TPSA) is 107 Å². The number of carboxylic acids is 1. The maximum absolute atomic E-state index is 11.5. The molecule has 0 fully saturated rings. The molecule has 0 aliphatic rings. The van der Waals surface area contributed by atoms with E-state index in [-0.39, 0.29) is 18.1 Å². The van der Waals surface area contributed by atoms with E-state index in [0.29, 0.717) is 15.8 Å². The van der Waals surface area contributed by atoms with E-state index < -0.39 is 21.3 Å². The van der Waals surface area contributed by atoms with E-state index in [1.54, 1.807) is 24.3 Å². The number of amides is 1. The van der Waals surface area contributed by atoms with E-state index in [0.717, 1.165) is 0 Å². The number of nitrogens with one attached hydrogen (secondary N) is 1. The third kappa shape index (κ3) is 6.63. The van der Waals surface area contributed by atoms with Crippen molar-refractivity contribution in [2.24, 2.45) is 0 Å². The molecule has 0 saturated carbocycles. The molecule has 0 bridgehead atoms. The first kappa shape index (κ1) is 16.0. The summed E-state index contributed by atoms with van der Waals surface area (Å²) in [4.78, 5) is 21.8. The van der Waals surface area contributed by atoms with E-state index in [4.69, 9.17) is 13.3 Å². The van der Waals surface area contributed by atoms with Gasteiger partial charge in [-0.25, -0.2) is 0 Å². The third-order valence-electron chi connectivity index (χ3n) is 2.08. The van der Waals surface area contributed by atoms with Crippen molar-refractivity contribution in [3.8, 4) is 0 Å². The fourth-order valence-corrected chi connectivity index (χ4v) is 2.79. The van der Waals surface area contributed by atoms with Gasteiger partial charge in [0.1, 0.15) is 0 Å². The monoisotopic (exact) mass is 347 g/mol. The minimum absolute atomic E-state index is 0.0336. The van der Waals surface area contributed by atoms with Crippen LogP contribution < -0.4 is 9.67 Å². The molecule has 0 radical (unpaired) electrons. The average Bonchev–Trinajstić information content (AvgIpc) is 2.35. The number of carbonyl (C=O) groups excluding carboxylic acids is 1. The summed E-state index contributed by atoms with van der Waals surface area (Å²) < 4.78 is 18.6. The number of anilines is 1. The van der Waals surface area contributed by atoms with Crippen molar-refractivity contribution in [2.75, 3.05) is 16.8 Å². The third-order valence-corrected chi connectivity index (χ3v) is 4.63. The van der Waals surface area contributed by atoms with Crippen molar-refractivity contribution in [1.29, 1.82) is 0 Å². The Balaban J connectivity index is 2.33. The summed E-state index contributed by atoms with van der Waals surface area (Å²) in [5.41, 5.74) is 0.573. The van der Waals surface area contributed by atoms with E-state index in [1.165, 1.54) is 11.8 Å². The van der Waals surface area contributed by atoms with Gasteiger partial charge in [-0.2, -0.15) is 0 Å². The molecule has 1 amide bonds. The Morgan fingerprint density at radius 2 is 1.84 bits per heavy atom. The van der Waals surface area contributed by atoms with Gasteiger partial charge in [-0.1, -0.05) is 0 Å². The number of hydrogen-bond donors (Lipinski definition) is 4. The summed E-state index contributed by atoms with van der Waals surface area (Å²) in [7, 11) is 0. The van der Waals surface area contributed by atoms with E-state index in [2.05, 4.69) is 5.32 Å². The van der Waals surface area contributed by atoms with Crippen LogP contribution in [0.3, 0.4) is 0 Å². The van der Waals surface area contributed by atoms with Crippen LogP contribution in [0.2, 0.25) is 0 Å². The first-order valence-electron chi connectivity index (χ1n) is 5.36. The fraction of sp³-hybridized carbons (Fsp3) is 0.273. The average molecular weight is 347 g/mol. The summed E-state index contributed by atoms with van der Waals surface area (Å²) in [6, 6.07) is 6.33. The number of thioether (sulfide) groups is 1. The Labute approximate surface area is 119 Å². The van der Waals surface area contributed by atoms with Crippen LogP contribution in [-0.4, -0.2) is 52.0 Å². The van der Waals surface area contributed by atoms with Crippen LogP contribution in [0.4, 0.5) is 5.69 Å². The van der Waals surface area contributed by atoms with Gasteiger partial charge in [-0.15, -0.1) is 0 Å². The summed E-state index contributed by atoms with van der Waals surface area (Å²) in [6.07, 6.45) is 0.0336. The molecule has 4 N–H and O–H groups in total. The minimum atomic E-state index is -2.85. The van der Waals surface area contributed by atoms with Gasteiger partial charge in [0, 0.05) is 0 Å². The zero-order chi connectivity index (χ0) is 14.3. The standard InChI is InChI=1S/C11H14AsNO5S/c14-10(7-19-6-5-11(15)16)13-9-3-1-8(2-4-9)12(17)18/h1-4,17-18H,5-7H2,(H,13,14)(H,15,16). The van der Waals surface area contributed by atoms with Gasteiger partial charge in [-0.3, -0.25) is 0 Å². The van der Waals surface area contributed by atoms with Crippen LogP contribution in [-0.2, 0) is 9.59 Å². The Morgan fingerprint density at radius 1 is 1.21 bits per heavy atom. The van der Waals surface area contributed by atoms with E-state index in [1.807, 2.05) is 0 Å². The Kier molecular flexibility index (Phi) is 6.94. The molecule has 8 heteroatoms. The summed E-state index contributed by atoms with van der Waals surface area (Å²) in [5, 5.41) is 11.1. The maximum atomic E-state index is 11.5. The van der Waals surface area contributed by atoms with Gasteiger partial charge in [0.15, 0.2) is 0 Å². The molecule has 0 saturated heterocycles. The molecule has 6 nitrogen and oxygen atoms in total. The van der Waals surface area contributed by atoms with Crippen molar-refractivity contribution in [3.63, 3.8) is 0 Å². The van der Waals surface area contributed by atoms with Crippen molar-refractivity contribution < 1.29 is 22.9 Å². The molecule has 1 aromatic rings. The van der Waals surface area contributed by atoms with Gasteiger partial charge in [0.2, 0.25) is 0 Å². The fourth-order valence-electron chi connectivity index (χ4n) is 1.20. The number of rotatable bonds is 7. The molecule has 0 heterocycles. The molecule has 19 heavy (non-hydrogen) atoms. The molecule has 1 rings (SSSR count). The van der Waals surface area contributed by atoms with Crippen LogP contribution >= 0.6 is 11.8 Å². The molecule has 0 atom stereocenters. The first-order chi connectivity index (χ1) is 8.99. The van der Waals surface area contributed by atoms with Gasteiger partial charge in [0.25, 0.3) is 0 Å². The number of carboxylic acid groups (broad SMARTS) is 1. The molecule has 0 aliphatic carbocycles. The van der Waals surface area contributed by atoms with Crippen molar-refractivity contribution in [2.45, 2.75) is 6.42 Å². The molecule has 0 aliphatic heterocycles. The second-order valence-corrected chi connectivity index (χ2v) is 6.98. The molecule has 0 aromatic heterocycles. The SMILES string of the molecule is O=C(O)CCSCC(=O)Nc1ccc([As](O)O)cc1. The number of aliphatic carboxylic acids is 1. The van der Waals surface area contributed by atoms with Gasteiger partial charge in [0.05, 0.1) is 0 Å². The van der Waals surface area contributed by atoms with Crippen molar-refractivity contribution in [1.82, 2.24) is 0 Å². The van der Waals surface area contributed by atoms with E-state index >= 15 is 0 Å². The predicted octanol–water partition coefficient (Wildman–Crippen LogP) is -0.487. The summed E-state index contributed by atoms with van der Waals surface area (Å²) in [6.45, 7) is 0. The molecule has 104 valence electrons. The van der Waals surface area contributed by atoms with Crippen molar-refractivity contribution >= 4 is 49.0 Å². The second-order valence-electron chi connectivity index (χ2n) is 3.58. The van der Waals surface area contributed by atoms with Gasteiger partial charge < -0.3 is 0 Å². The van der Waals surface area contributed by atoms with Crippen molar-refractivity contribution in [3.05, 3.63) is 24.3 Å². The van der Waals surface area contributed by atoms with Crippen LogP contribution in [0.15, 0.2) is 24.3 Å². The Bertz CT molecular complexity index is 437. The molecule has 0 spiro atoms. The quantitative estimate of drug-likeness (QED) is 0.392. The normalized spacial score (nSPS) is 10.5. The Hall–Kier alpha value is -1.01. The molecular formula is C11H14AsNO5S. The van der Waals surface area contributed by atoms with Crippen LogP contribution in [0.25, 0.3) is 0 Å². The summed E-state index contributed by atoms with van der Waals surface area (Å²) >= 11 is -1.60. The van der Waals surface area contributed by atoms with Gasteiger partial charge >= 0.3 is 119 Å². The second kappa shape index (κ2) is 8.22. The number of benzene rings is 1. The zero-order valence-corrected chi connectivity index (χ0v) is 12.6. The van der Waals surface area contributed by atoms with E-state index in [9.17, 15) is 9.59 Å². The zero-order valence-electron chi connectivity index (χ0n) is 9.94.